The number of nitrogens with zero attached hydrogens (tertiary/aromatic N) is 2. The molecule has 0 spiro atoms. The molecule has 9 heteroatoms. The number of carbonyl (C=O) groups is 2. The van der Waals surface area contributed by atoms with Crippen LogP contribution in [-0.2, 0) is 9.59 Å². The molecule has 1 saturated heterocycles. The van der Waals surface area contributed by atoms with Gasteiger partial charge in [-0.2, -0.15) is 0 Å². The molecule has 1 fully saturated rings. The van der Waals surface area contributed by atoms with Crippen molar-refractivity contribution in [1.29, 1.82) is 0 Å². The molecule has 118 valence electrons. The summed E-state index contributed by atoms with van der Waals surface area (Å²) in [4.78, 5) is 25.2. The lowest BCUT2D eigenvalue weighted by molar-refractivity contribution is -0.159. The second-order valence-electron chi connectivity index (χ2n) is 4.46. The van der Waals surface area contributed by atoms with Crippen LogP contribution in [0, 0.1) is 0 Å². The molecule has 0 bridgehead atoms. The van der Waals surface area contributed by atoms with Crippen LogP contribution in [0.3, 0.4) is 0 Å². The largest absolute Gasteiger partial charge is 0.473 e. The second kappa shape index (κ2) is 7.39. The van der Waals surface area contributed by atoms with Gasteiger partial charge in [0.1, 0.15) is 0 Å². The summed E-state index contributed by atoms with van der Waals surface area (Å²) in [5.74, 6) is -3.65. The molecule has 0 atom stereocenters. The summed E-state index contributed by atoms with van der Waals surface area (Å²) in [5.41, 5.74) is 1.04. The molecule has 3 rings (SSSR count). The summed E-state index contributed by atoms with van der Waals surface area (Å²) in [6.07, 6.45) is 0. The van der Waals surface area contributed by atoms with Gasteiger partial charge in [-0.15, -0.1) is 0 Å². The number of carboxylic acids is 2. The maximum atomic E-state index is 9.10. The summed E-state index contributed by atoms with van der Waals surface area (Å²) in [6.45, 7) is 4.15. The molecule has 1 aliphatic rings. The number of rotatable bonds is 1. The van der Waals surface area contributed by atoms with E-state index in [-0.39, 0.29) is 0 Å². The second-order valence-corrected chi connectivity index (χ2v) is 5.90. The fourth-order valence-corrected chi connectivity index (χ4v) is 3.17. The van der Waals surface area contributed by atoms with Gasteiger partial charge in [0, 0.05) is 31.2 Å². The molecular formula is C13H14ClN3O4S. The van der Waals surface area contributed by atoms with Crippen LogP contribution < -0.4 is 10.2 Å². The first-order valence-corrected chi connectivity index (χ1v) is 7.65. The highest BCUT2D eigenvalue weighted by Crippen LogP contribution is 2.30. The number of hydrogen-bond acceptors (Lipinski definition) is 6. The van der Waals surface area contributed by atoms with Crippen molar-refractivity contribution in [3.8, 4) is 0 Å². The van der Waals surface area contributed by atoms with E-state index in [9.17, 15) is 0 Å². The van der Waals surface area contributed by atoms with Crippen LogP contribution in [0.15, 0.2) is 18.2 Å². The lowest BCUT2D eigenvalue weighted by Gasteiger charge is -2.26. The first-order valence-electron chi connectivity index (χ1n) is 6.45. The van der Waals surface area contributed by atoms with Crippen molar-refractivity contribution in [2.75, 3.05) is 31.1 Å². The average Bonchev–Trinajstić information content (AvgIpc) is 2.91. The summed E-state index contributed by atoms with van der Waals surface area (Å²) < 4.78 is 1.17. The van der Waals surface area contributed by atoms with E-state index in [1.54, 1.807) is 11.3 Å². The van der Waals surface area contributed by atoms with Crippen molar-refractivity contribution in [3.63, 3.8) is 0 Å². The van der Waals surface area contributed by atoms with Gasteiger partial charge in [0.2, 0.25) is 0 Å². The molecular weight excluding hydrogens is 330 g/mol. The van der Waals surface area contributed by atoms with Crippen molar-refractivity contribution >= 4 is 50.2 Å². The Morgan fingerprint density at radius 1 is 1.23 bits per heavy atom. The lowest BCUT2D eigenvalue weighted by atomic mass is 10.3. The number of carboxylic acid groups (broad SMARTS) is 2. The van der Waals surface area contributed by atoms with Crippen LogP contribution in [0.4, 0.5) is 5.13 Å². The molecule has 22 heavy (non-hydrogen) atoms. The summed E-state index contributed by atoms with van der Waals surface area (Å²) in [6, 6.07) is 5.87. The standard InChI is InChI=1S/C11H12ClN3S.C2H2O4/c12-8-1-2-9-10(7-8)16-11(14-9)15-5-3-13-4-6-15;3-1(4)2(5)6/h1-2,7,13H,3-6H2;(H,3,4)(H,5,6). The van der Waals surface area contributed by atoms with Crippen LogP contribution in [0.1, 0.15) is 0 Å². The molecule has 2 heterocycles. The molecule has 2 aromatic rings. The van der Waals surface area contributed by atoms with Crippen molar-refractivity contribution in [2.24, 2.45) is 0 Å². The third-order valence-electron chi connectivity index (χ3n) is 2.91. The Labute approximate surface area is 135 Å². The van der Waals surface area contributed by atoms with E-state index in [0.717, 1.165) is 41.8 Å². The van der Waals surface area contributed by atoms with E-state index in [1.807, 2.05) is 18.2 Å². The lowest BCUT2D eigenvalue weighted by Crippen LogP contribution is -2.43. The van der Waals surface area contributed by atoms with E-state index in [0.29, 0.717) is 0 Å². The predicted octanol–water partition coefficient (Wildman–Crippen LogP) is 1.51. The van der Waals surface area contributed by atoms with Crippen LogP contribution >= 0.6 is 22.9 Å². The Bertz CT molecular complexity index is 673. The Kier molecular flexibility index (Phi) is 5.53. The zero-order valence-corrected chi connectivity index (χ0v) is 13.0. The number of thiazole rings is 1. The zero-order chi connectivity index (χ0) is 16.1. The van der Waals surface area contributed by atoms with E-state index >= 15 is 0 Å². The highest BCUT2D eigenvalue weighted by Gasteiger charge is 2.14. The Hall–Kier alpha value is -1.90. The predicted molar refractivity (Wildman–Crippen MR) is 85.0 cm³/mol. The smallest absolute Gasteiger partial charge is 0.414 e. The highest BCUT2D eigenvalue weighted by atomic mass is 35.5. The van der Waals surface area contributed by atoms with E-state index in [2.05, 4.69) is 15.2 Å². The quantitative estimate of drug-likeness (QED) is 0.674. The average molecular weight is 344 g/mol. The van der Waals surface area contributed by atoms with E-state index in [4.69, 9.17) is 31.4 Å². The fraction of sp³-hybridized carbons (Fsp3) is 0.308. The van der Waals surface area contributed by atoms with Gasteiger partial charge in [-0.25, -0.2) is 14.6 Å². The topological polar surface area (TPSA) is 103 Å². The monoisotopic (exact) mass is 343 g/mol. The number of piperazine rings is 1. The number of fused-ring (bicyclic) bond motifs is 1. The number of anilines is 1. The van der Waals surface area contributed by atoms with Crippen LogP contribution in [0.2, 0.25) is 5.02 Å². The number of aliphatic carboxylic acids is 2. The minimum atomic E-state index is -1.82. The van der Waals surface area contributed by atoms with E-state index < -0.39 is 11.9 Å². The minimum Gasteiger partial charge on any atom is -0.473 e. The van der Waals surface area contributed by atoms with Gasteiger partial charge in [-0.3, -0.25) is 0 Å². The normalized spacial score (nSPS) is 14.3. The fourth-order valence-electron chi connectivity index (χ4n) is 1.88. The SMILES string of the molecule is Clc1ccc2nc(N3CCNCC3)sc2c1.O=C(O)C(=O)O. The van der Waals surface area contributed by atoms with Crippen molar-refractivity contribution in [1.82, 2.24) is 10.3 Å². The Morgan fingerprint density at radius 2 is 1.86 bits per heavy atom. The van der Waals surface area contributed by atoms with Crippen LogP contribution in [0.5, 0.6) is 0 Å². The van der Waals surface area contributed by atoms with Crippen LogP contribution in [0.25, 0.3) is 10.2 Å². The summed E-state index contributed by atoms with van der Waals surface area (Å²) in [5, 5.41) is 20.0. The molecule has 7 nitrogen and oxygen atoms in total. The highest BCUT2D eigenvalue weighted by molar-refractivity contribution is 7.22. The molecule has 1 aromatic carbocycles. The maximum absolute atomic E-state index is 9.10. The van der Waals surface area contributed by atoms with Gasteiger partial charge in [0.05, 0.1) is 10.2 Å². The number of nitrogens with one attached hydrogen (secondary N) is 1. The van der Waals surface area contributed by atoms with Crippen molar-refractivity contribution in [3.05, 3.63) is 23.2 Å². The number of halogens is 1. The molecule has 1 aromatic heterocycles. The third kappa shape index (κ3) is 4.30. The summed E-state index contributed by atoms with van der Waals surface area (Å²) in [7, 11) is 0. The first-order chi connectivity index (χ1) is 10.5. The number of aromatic nitrogens is 1. The van der Waals surface area contributed by atoms with Crippen molar-refractivity contribution in [2.45, 2.75) is 0 Å². The van der Waals surface area contributed by atoms with Gasteiger partial charge >= 0.3 is 11.9 Å². The van der Waals surface area contributed by atoms with Gasteiger partial charge in [-0.05, 0) is 18.2 Å². The molecule has 1 aliphatic heterocycles. The molecule has 3 N–H and O–H groups in total. The van der Waals surface area contributed by atoms with Crippen LogP contribution in [-0.4, -0.2) is 53.3 Å². The van der Waals surface area contributed by atoms with E-state index in [1.165, 1.54) is 4.70 Å². The molecule has 0 aliphatic carbocycles. The minimum absolute atomic E-state index is 0.781. The number of hydrogen-bond donors (Lipinski definition) is 3. The van der Waals surface area contributed by atoms with Crippen molar-refractivity contribution < 1.29 is 19.8 Å². The zero-order valence-electron chi connectivity index (χ0n) is 11.5. The van der Waals surface area contributed by atoms with Gasteiger partial charge in [0.25, 0.3) is 0 Å². The number of benzene rings is 1. The van der Waals surface area contributed by atoms with Gasteiger partial charge in [-0.1, -0.05) is 22.9 Å². The Balaban J connectivity index is 0.000000254. The third-order valence-corrected chi connectivity index (χ3v) is 4.22. The molecule has 0 amide bonds. The van der Waals surface area contributed by atoms with Gasteiger partial charge < -0.3 is 20.4 Å². The maximum Gasteiger partial charge on any atom is 0.414 e. The molecule has 0 radical (unpaired) electrons. The summed E-state index contributed by atoms with van der Waals surface area (Å²) >= 11 is 7.69. The Morgan fingerprint density at radius 3 is 2.45 bits per heavy atom. The molecule has 0 unspecified atom stereocenters. The molecule has 0 saturated carbocycles. The van der Waals surface area contributed by atoms with Gasteiger partial charge in [0.15, 0.2) is 5.13 Å². The first kappa shape index (κ1) is 16.5.